The molecule has 1 unspecified atom stereocenters. The van der Waals surface area contributed by atoms with Gasteiger partial charge in [0.25, 0.3) is 0 Å². The van der Waals surface area contributed by atoms with Gasteiger partial charge in [-0.15, -0.1) is 0 Å². The molecule has 72 valence electrons. The Hall–Kier alpha value is -0.600. The second-order valence-electron chi connectivity index (χ2n) is 3.41. The molecule has 1 atom stereocenters. The van der Waals surface area contributed by atoms with Gasteiger partial charge in [0, 0.05) is 16.6 Å². The van der Waals surface area contributed by atoms with Gasteiger partial charge in [-0.05, 0) is 18.1 Å². The summed E-state index contributed by atoms with van der Waals surface area (Å²) in [5.74, 6) is -0.150. The van der Waals surface area contributed by atoms with Gasteiger partial charge in [0.15, 0.2) is 0 Å². The van der Waals surface area contributed by atoms with E-state index < -0.39 is 0 Å². The molecule has 0 saturated carbocycles. The van der Waals surface area contributed by atoms with Crippen LogP contribution in [0.3, 0.4) is 0 Å². The third-order valence-electron chi connectivity index (χ3n) is 2.05. The highest BCUT2D eigenvalue weighted by atomic mass is 35.5. The molecule has 0 aromatic heterocycles. The standard InChI is InChI=1S/C10H13ClFN/c1-6(2)10(13)9-7(11)4-3-5-8(9)12/h3-6,10H,13H2,1-2H3. The Morgan fingerprint density at radius 1 is 1.38 bits per heavy atom. The van der Waals surface area contributed by atoms with E-state index in [1.807, 2.05) is 13.8 Å². The summed E-state index contributed by atoms with van der Waals surface area (Å²) in [4.78, 5) is 0. The van der Waals surface area contributed by atoms with Crippen molar-refractivity contribution in [2.45, 2.75) is 19.9 Å². The molecule has 0 heterocycles. The third kappa shape index (κ3) is 2.20. The maximum Gasteiger partial charge on any atom is 0.129 e. The highest BCUT2D eigenvalue weighted by molar-refractivity contribution is 6.31. The van der Waals surface area contributed by atoms with Crippen LogP contribution in [0.5, 0.6) is 0 Å². The quantitative estimate of drug-likeness (QED) is 0.782. The van der Waals surface area contributed by atoms with E-state index in [0.29, 0.717) is 10.6 Å². The monoisotopic (exact) mass is 201 g/mol. The maximum absolute atomic E-state index is 13.3. The van der Waals surface area contributed by atoms with Crippen LogP contribution in [0.4, 0.5) is 4.39 Å². The van der Waals surface area contributed by atoms with Crippen LogP contribution in [0.1, 0.15) is 25.5 Å². The number of hydrogen-bond donors (Lipinski definition) is 1. The van der Waals surface area contributed by atoms with Crippen molar-refractivity contribution in [1.82, 2.24) is 0 Å². The number of nitrogens with two attached hydrogens (primary N) is 1. The van der Waals surface area contributed by atoms with Crippen LogP contribution in [0, 0.1) is 11.7 Å². The molecule has 0 bridgehead atoms. The van der Waals surface area contributed by atoms with Crippen LogP contribution in [-0.2, 0) is 0 Å². The Morgan fingerprint density at radius 2 is 2.00 bits per heavy atom. The largest absolute Gasteiger partial charge is 0.324 e. The molecule has 0 saturated heterocycles. The lowest BCUT2D eigenvalue weighted by Gasteiger charge is -2.17. The van der Waals surface area contributed by atoms with Crippen LogP contribution in [0.15, 0.2) is 18.2 Å². The van der Waals surface area contributed by atoms with Crippen molar-refractivity contribution in [3.63, 3.8) is 0 Å². The zero-order valence-electron chi connectivity index (χ0n) is 7.72. The summed E-state index contributed by atoms with van der Waals surface area (Å²) in [7, 11) is 0. The summed E-state index contributed by atoms with van der Waals surface area (Å²) < 4.78 is 13.3. The van der Waals surface area contributed by atoms with Crippen molar-refractivity contribution in [1.29, 1.82) is 0 Å². The molecule has 0 aliphatic carbocycles. The number of halogens is 2. The minimum atomic E-state index is -0.339. The first kappa shape index (κ1) is 10.5. The third-order valence-corrected chi connectivity index (χ3v) is 2.38. The Labute approximate surface area is 82.7 Å². The minimum absolute atomic E-state index is 0.175. The van der Waals surface area contributed by atoms with Gasteiger partial charge in [-0.3, -0.25) is 0 Å². The van der Waals surface area contributed by atoms with E-state index in [1.165, 1.54) is 6.07 Å². The molecular formula is C10H13ClFN. The summed E-state index contributed by atoms with van der Waals surface area (Å²) in [5, 5.41) is 0.404. The lowest BCUT2D eigenvalue weighted by atomic mass is 9.96. The predicted octanol–water partition coefficient (Wildman–Crippen LogP) is 3.13. The van der Waals surface area contributed by atoms with E-state index in [2.05, 4.69) is 0 Å². The average molecular weight is 202 g/mol. The van der Waals surface area contributed by atoms with Gasteiger partial charge in [0.05, 0.1) is 0 Å². The molecule has 1 aromatic rings. The normalized spacial score (nSPS) is 13.4. The maximum atomic E-state index is 13.3. The summed E-state index contributed by atoms with van der Waals surface area (Å²) in [6.45, 7) is 3.88. The highest BCUT2D eigenvalue weighted by Gasteiger charge is 2.17. The van der Waals surface area contributed by atoms with Gasteiger partial charge in [-0.1, -0.05) is 31.5 Å². The van der Waals surface area contributed by atoms with E-state index >= 15 is 0 Å². The second kappa shape index (κ2) is 4.07. The molecule has 13 heavy (non-hydrogen) atoms. The molecule has 1 nitrogen and oxygen atoms in total. The van der Waals surface area contributed by atoms with Crippen molar-refractivity contribution < 1.29 is 4.39 Å². The zero-order valence-corrected chi connectivity index (χ0v) is 8.48. The average Bonchev–Trinajstić information content (AvgIpc) is 2.03. The number of hydrogen-bond acceptors (Lipinski definition) is 1. The van der Waals surface area contributed by atoms with Crippen molar-refractivity contribution in [3.8, 4) is 0 Å². The molecule has 0 aliphatic rings. The van der Waals surface area contributed by atoms with E-state index in [0.717, 1.165) is 0 Å². The SMILES string of the molecule is CC(C)C(N)c1c(F)cccc1Cl. The van der Waals surface area contributed by atoms with Crippen molar-refractivity contribution >= 4 is 11.6 Å². The fraction of sp³-hybridized carbons (Fsp3) is 0.400. The highest BCUT2D eigenvalue weighted by Crippen LogP contribution is 2.28. The molecule has 0 spiro atoms. The molecule has 2 N–H and O–H groups in total. The van der Waals surface area contributed by atoms with Crippen molar-refractivity contribution in [2.75, 3.05) is 0 Å². The Kier molecular flexibility index (Phi) is 3.28. The first-order valence-corrected chi connectivity index (χ1v) is 4.61. The predicted molar refractivity (Wildman–Crippen MR) is 53.2 cm³/mol. The first-order chi connectivity index (χ1) is 6.04. The molecule has 1 rings (SSSR count). The van der Waals surface area contributed by atoms with Crippen LogP contribution < -0.4 is 5.73 Å². The Morgan fingerprint density at radius 3 is 2.46 bits per heavy atom. The lowest BCUT2D eigenvalue weighted by molar-refractivity contribution is 0.485. The van der Waals surface area contributed by atoms with Crippen LogP contribution in [-0.4, -0.2) is 0 Å². The van der Waals surface area contributed by atoms with Gasteiger partial charge in [0.2, 0.25) is 0 Å². The fourth-order valence-electron chi connectivity index (χ4n) is 1.16. The summed E-state index contributed by atoms with van der Waals surface area (Å²) in [6, 6.07) is 4.27. The number of rotatable bonds is 2. The van der Waals surface area contributed by atoms with Crippen LogP contribution >= 0.6 is 11.6 Å². The van der Waals surface area contributed by atoms with Gasteiger partial charge in [-0.2, -0.15) is 0 Å². The minimum Gasteiger partial charge on any atom is -0.324 e. The van der Waals surface area contributed by atoms with Crippen LogP contribution in [0.25, 0.3) is 0 Å². The molecule has 3 heteroatoms. The van der Waals surface area contributed by atoms with E-state index in [4.69, 9.17) is 17.3 Å². The molecule has 1 aromatic carbocycles. The lowest BCUT2D eigenvalue weighted by Crippen LogP contribution is -2.18. The summed E-state index contributed by atoms with van der Waals surface area (Å²) in [6.07, 6.45) is 0. The van der Waals surface area contributed by atoms with E-state index in [-0.39, 0.29) is 17.8 Å². The molecular weight excluding hydrogens is 189 g/mol. The topological polar surface area (TPSA) is 26.0 Å². The zero-order chi connectivity index (χ0) is 10.0. The second-order valence-corrected chi connectivity index (χ2v) is 3.81. The van der Waals surface area contributed by atoms with Crippen molar-refractivity contribution in [3.05, 3.63) is 34.6 Å². The van der Waals surface area contributed by atoms with Gasteiger partial charge >= 0.3 is 0 Å². The van der Waals surface area contributed by atoms with Gasteiger partial charge in [0.1, 0.15) is 5.82 Å². The number of benzene rings is 1. The van der Waals surface area contributed by atoms with E-state index in [1.54, 1.807) is 12.1 Å². The van der Waals surface area contributed by atoms with Gasteiger partial charge in [-0.25, -0.2) is 4.39 Å². The molecule has 0 fully saturated rings. The summed E-state index contributed by atoms with van der Waals surface area (Å²) in [5.41, 5.74) is 6.23. The Bertz CT molecular complexity index is 279. The summed E-state index contributed by atoms with van der Waals surface area (Å²) >= 11 is 5.85. The molecule has 0 aliphatic heterocycles. The molecule has 0 amide bonds. The smallest absolute Gasteiger partial charge is 0.129 e. The van der Waals surface area contributed by atoms with Crippen molar-refractivity contribution in [2.24, 2.45) is 11.7 Å². The fourth-order valence-corrected chi connectivity index (χ4v) is 1.45. The van der Waals surface area contributed by atoms with E-state index in [9.17, 15) is 4.39 Å². The first-order valence-electron chi connectivity index (χ1n) is 4.23. The van der Waals surface area contributed by atoms with Gasteiger partial charge < -0.3 is 5.73 Å². The Balaban J connectivity index is 3.12. The molecule has 0 radical (unpaired) electrons. The van der Waals surface area contributed by atoms with Crippen LogP contribution in [0.2, 0.25) is 5.02 Å².